The molecule has 27 heavy (non-hydrogen) atoms. The Bertz CT molecular complexity index is 1310. The third kappa shape index (κ3) is 2.52. The van der Waals surface area contributed by atoms with Crippen LogP contribution in [0.5, 0.6) is 5.88 Å². The molecule has 0 bridgehead atoms. The first-order valence-electron chi connectivity index (χ1n) is 8.53. The summed E-state index contributed by atoms with van der Waals surface area (Å²) in [7, 11) is 0. The molecule has 5 rings (SSSR count). The van der Waals surface area contributed by atoms with Crippen molar-refractivity contribution in [2.24, 2.45) is 9.98 Å². The average Bonchev–Trinajstić information content (AvgIpc) is 3.23. The summed E-state index contributed by atoms with van der Waals surface area (Å²) in [5.41, 5.74) is 2.53. The van der Waals surface area contributed by atoms with Gasteiger partial charge in [-0.3, -0.25) is 0 Å². The van der Waals surface area contributed by atoms with E-state index in [1.807, 2.05) is 48.5 Å². The fourth-order valence-corrected chi connectivity index (χ4v) is 3.43. The van der Waals surface area contributed by atoms with Gasteiger partial charge in [-0.05, 0) is 35.9 Å². The number of aromatic nitrogens is 1. The minimum absolute atomic E-state index is 0.00400. The van der Waals surface area contributed by atoms with Crippen LogP contribution in [-0.4, -0.2) is 10.1 Å². The Morgan fingerprint density at radius 1 is 0.852 bits per heavy atom. The second-order valence-corrected chi connectivity index (χ2v) is 6.32. The van der Waals surface area contributed by atoms with Gasteiger partial charge in [0.2, 0.25) is 0 Å². The Morgan fingerprint density at radius 2 is 1.56 bits per heavy atom. The number of nitrogens with one attached hydrogen (secondary N) is 1. The molecule has 1 aliphatic heterocycles. The third-order valence-corrected chi connectivity index (χ3v) is 4.61. The quantitative estimate of drug-likeness (QED) is 0.566. The maximum absolute atomic E-state index is 14.0. The van der Waals surface area contributed by atoms with E-state index in [9.17, 15) is 9.50 Å². The molecule has 1 aromatic heterocycles. The number of para-hydroxylation sites is 3. The van der Waals surface area contributed by atoms with Crippen LogP contribution in [0.2, 0.25) is 0 Å². The van der Waals surface area contributed by atoms with Crippen LogP contribution in [0.3, 0.4) is 0 Å². The lowest BCUT2D eigenvalue weighted by atomic mass is 9.96. The minimum atomic E-state index is -0.361. The van der Waals surface area contributed by atoms with Crippen molar-refractivity contribution in [3.63, 3.8) is 0 Å². The van der Waals surface area contributed by atoms with Crippen LogP contribution in [0.25, 0.3) is 16.5 Å². The summed E-state index contributed by atoms with van der Waals surface area (Å²) < 4.78 is 14.0. The summed E-state index contributed by atoms with van der Waals surface area (Å²) in [6.45, 7) is 0. The van der Waals surface area contributed by atoms with Crippen molar-refractivity contribution in [1.82, 2.24) is 4.98 Å². The Morgan fingerprint density at radius 3 is 2.30 bits per heavy atom. The van der Waals surface area contributed by atoms with Gasteiger partial charge in [-0.25, -0.2) is 14.4 Å². The lowest BCUT2D eigenvalue weighted by Gasteiger charge is -2.09. The molecule has 0 saturated heterocycles. The molecule has 5 heteroatoms. The van der Waals surface area contributed by atoms with Crippen molar-refractivity contribution < 1.29 is 9.50 Å². The lowest BCUT2D eigenvalue weighted by Crippen LogP contribution is -2.19. The van der Waals surface area contributed by atoms with Crippen LogP contribution in [0.15, 0.2) is 88.6 Å². The number of hydrogen-bond donors (Lipinski definition) is 2. The molecule has 0 amide bonds. The predicted octanol–water partition coefficient (Wildman–Crippen LogP) is 3.68. The van der Waals surface area contributed by atoms with Crippen molar-refractivity contribution in [3.8, 4) is 5.88 Å². The van der Waals surface area contributed by atoms with Gasteiger partial charge in [0, 0.05) is 16.5 Å². The summed E-state index contributed by atoms with van der Waals surface area (Å²) in [5.74, 6) is 0.0895. The number of aromatic hydroxyl groups is 1. The zero-order valence-corrected chi connectivity index (χ0v) is 14.1. The maximum Gasteiger partial charge on any atom is 0.197 e. The molecular formula is C22H14FN3O. The largest absolute Gasteiger partial charge is 0.494 e. The van der Waals surface area contributed by atoms with Gasteiger partial charge in [-0.1, -0.05) is 42.5 Å². The van der Waals surface area contributed by atoms with Gasteiger partial charge in [-0.15, -0.1) is 0 Å². The molecule has 2 heterocycles. The second kappa shape index (κ2) is 5.92. The normalized spacial score (nSPS) is 12.6. The van der Waals surface area contributed by atoms with E-state index in [1.54, 1.807) is 12.1 Å². The van der Waals surface area contributed by atoms with Crippen molar-refractivity contribution in [2.45, 2.75) is 0 Å². The van der Waals surface area contributed by atoms with Crippen LogP contribution in [0.1, 0.15) is 11.1 Å². The van der Waals surface area contributed by atoms with Gasteiger partial charge in [0.15, 0.2) is 11.7 Å². The molecule has 130 valence electrons. The maximum atomic E-state index is 14.0. The standard InChI is InChI=1S/C22H14FN3O/c23-14-7-5-6-13(12-14)19(21-24-17-10-3-4-11-18(17)25-21)20-15-8-1-2-9-16(15)26-22(20)27/h1-12,26-27H. The summed E-state index contributed by atoms with van der Waals surface area (Å²) >= 11 is 0. The van der Waals surface area contributed by atoms with E-state index in [2.05, 4.69) is 15.0 Å². The predicted molar refractivity (Wildman–Crippen MR) is 101 cm³/mol. The average molecular weight is 355 g/mol. The van der Waals surface area contributed by atoms with Gasteiger partial charge in [0.05, 0.1) is 16.3 Å². The molecule has 0 saturated carbocycles. The van der Waals surface area contributed by atoms with Gasteiger partial charge < -0.3 is 10.1 Å². The molecule has 3 aromatic carbocycles. The zero-order valence-electron chi connectivity index (χ0n) is 14.1. The van der Waals surface area contributed by atoms with E-state index in [-0.39, 0.29) is 11.7 Å². The lowest BCUT2D eigenvalue weighted by molar-refractivity contribution is 0.457. The molecule has 0 atom stereocenters. The molecule has 0 aliphatic carbocycles. The number of nitrogens with zero attached hydrogens (tertiary/aromatic N) is 2. The Balaban J connectivity index is 1.90. The smallest absolute Gasteiger partial charge is 0.197 e. The minimum Gasteiger partial charge on any atom is -0.494 e. The highest BCUT2D eigenvalue weighted by Crippen LogP contribution is 2.39. The topological polar surface area (TPSA) is 60.7 Å². The molecule has 2 N–H and O–H groups in total. The van der Waals surface area contributed by atoms with Gasteiger partial charge in [0.25, 0.3) is 0 Å². The fraction of sp³-hybridized carbons (Fsp3) is 0. The van der Waals surface area contributed by atoms with E-state index in [1.165, 1.54) is 12.1 Å². The van der Waals surface area contributed by atoms with Crippen LogP contribution in [0, 0.1) is 5.82 Å². The van der Waals surface area contributed by atoms with Crippen LogP contribution >= 0.6 is 0 Å². The second-order valence-electron chi connectivity index (χ2n) is 6.32. The highest BCUT2D eigenvalue weighted by molar-refractivity contribution is 6.00. The summed E-state index contributed by atoms with van der Waals surface area (Å²) in [5, 5.41) is 13.0. The number of halogens is 1. The Hall–Kier alpha value is -3.73. The van der Waals surface area contributed by atoms with Crippen LogP contribution < -0.4 is 10.7 Å². The van der Waals surface area contributed by atoms with E-state index in [0.29, 0.717) is 22.5 Å². The molecule has 4 aromatic rings. The highest BCUT2D eigenvalue weighted by Gasteiger charge is 2.22. The summed E-state index contributed by atoms with van der Waals surface area (Å²) in [6.07, 6.45) is 0. The van der Waals surface area contributed by atoms with E-state index >= 15 is 0 Å². The van der Waals surface area contributed by atoms with Crippen LogP contribution in [0.4, 0.5) is 4.39 Å². The molecule has 0 unspecified atom stereocenters. The third-order valence-electron chi connectivity index (χ3n) is 4.61. The SMILES string of the molecule is Oc1[nH]c2ccccc2c1C(=C1N=c2ccccc2=N1)c1cccc(F)c1. The van der Waals surface area contributed by atoms with Crippen molar-refractivity contribution >= 4 is 16.5 Å². The van der Waals surface area contributed by atoms with Crippen molar-refractivity contribution in [3.05, 3.63) is 106 Å². The molecule has 4 nitrogen and oxygen atoms in total. The number of aromatic amines is 1. The summed E-state index contributed by atoms with van der Waals surface area (Å²) in [6, 6.07) is 21.4. The highest BCUT2D eigenvalue weighted by atomic mass is 19.1. The first kappa shape index (κ1) is 15.5. The van der Waals surface area contributed by atoms with Gasteiger partial charge >= 0.3 is 0 Å². The molecular weight excluding hydrogens is 341 g/mol. The molecule has 0 spiro atoms. The molecule has 0 fully saturated rings. The molecule has 0 radical (unpaired) electrons. The van der Waals surface area contributed by atoms with E-state index in [0.717, 1.165) is 21.6 Å². The Kier molecular flexibility index (Phi) is 3.40. The monoisotopic (exact) mass is 355 g/mol. The Labute approximate surface area is 153 Å². The van der Waals surface area contributed by atoms with Crippen molar-refractivity contribution in [2.75, 3.05) is 0 Å². The van der Waals surface area contributed by atoms with E-state index in [4.69, 9.17) is 0 Å². The van der Waals surface area contributed by atoms with Gasteiger partial charge in [-0.2, -0.15) is 0 Å². The fourth-order valence-electron chi connectivity index (χ4n) is 3.43. The first-order chi connectivity index (χ1) is 13.2. The number of H-pyrrole nitrogens is 1. The zero-order chi connectivity index (χ0) is 18.4. The molecule has 1 aliphatic rings. The van der Waals surface area contributed by atoms with E-state index < -0.39 is 0 Å². The number of hydrogen-bond acceptors (Lipinski definition) is 3. The number of benzene rings is 3. The number of rotatable bonds is 2. The first-order valence-corrected chi connectivity index (χ1v) is 8.53. The summed E-state index contributed by atoms with van der Waals surface area (Å²) in [4.78, 5) is 12.2. The van der Waals surface area contributed by atoms with Gasteiger partial charge in [0.1, 0.15) is 5.82 Å². The van der Waals surface area contributed by atoms with Crippen molar-refractivity contribution in [1.29, 1.82) is 0 Å². The van der Waals surface area contributed by atoms with Crippen LogP contribution in [-0.2, 0) is 0 Å². The number of fused-ring (bicyclic) bond motifs is 2.